The van der Waals surface area contributed by atoms with Crippen LogP contribution in [0.25, 0.3) is 11.3 Å². The SMILES string of the molecule is CC(C)c1ccc(-c2csc(NC(=O)CSCc3ccccc3)n2)cc1. The summed E-state index contributed by atoms with van der Waals surface area (Å²) in [6.07, 6.45) is 0. The van der Waals surface area contributed by atoms with E-state index in [0.29, 0.717) is 16.8 Å². The molecule has 0 saturated heterocycles. The number of nitrogens with one attached hydrogen (secondary N) is 1. The lowest BCUT2D eigenvalue weighted by molar-refractivity contribution is -0.113. The molecule has 5 heteroatoms. The third kappa shape index (κ3) is 5.19. The second-order valence-electron chi connectivity index (χ2n) is 6.34. The van der Waals surface area contributed by atoms with E-state index in [1.54, 1.807) is 11.8 Å². The van der Waals surface area contributed by atoms with Gasteiger partial charge in [0.05, 0.1) is 11.4 Å². The maximum Gasteiger partial charge on any atom is 0.236 e. The first-order chi connectivity index (χ1) is 12.6. The minimum absolute atomic E-state index is 0.0120. The highest BCUT2D eigenvalue weighted by atomic mass is 32.2. The van der Waals surface area contributed by atoms with E-state index < -0.39 is 0 Å². The van der Waals surface area contributed by atoms with Crippen molar-refractivity contribution in [2.75, 3.05) is 11.1 Å². The van der Waals surface area contributed by atoms with Gasteiger partial charge >= 0.3 is 0 Å². The van der Waals surface area contributed by atoms with Gasteiger partial charge in [-0.05, 0) is 17.0 Å². The molecule has 1 heterocycles. The lowest BCUT2D eigenvalue weighted by atomic mass is 10.0. The van der Waals surface area contributed by atoms with Gasteiger partial charge in [0.15, 0.2) is 5.13 Å². The second-order valence-corrected chi connectivity index (χ2v) is 8.18. The summed E-state index contributed by atoms with van der Waals surface area (Å²) in [6.45, 7) is 4.36. The zero-order valence-corrected chi connectivity index (χ0v) is 16.6. The highest BCUT2D eigenvalue weighted by Crippen LogP contribution is 2.26. The van der Waals surface area contributed by atoms with Crippen LogP contribution < -0.4 is 5.32 Å². The molecule has 0 saturated carbocycles. The zero-order valence-electron chi connectivity index (χ0n) is 14.9. The molecule has 26 heavy (non-hydrogen) atoms. The van der Waals surface area contributed by atoms with Gasteiger partial charge in [-0.2, -0.15) is 0 Å². The average Bonchev–Trinajstić information content (AvgIpc) is 3.11. The van der Waals surface area contributed by atoms with Crippen LogP contribution in [0.3, 0.4) is 0 Å². The smallest absolute Gasteiger partial charge is 0.236 e. The van der Waals surface area contributed by atoms with E-state index in [-0.39, 0.29) is 5.91 Å². The number of carbonyl (C=O) groups excluding carboxylic acids is 1. The van der Waals surface area contributed by atoms with Crippen molar-refractivity contribution < 1.29 is 4.79 Å². The molecule has 0 aliphatic carbocycles. The summed E-state index contributed by atoms with van der Waals surface area (Å²) in [5.74, 6) is 1.76. The van der Waals surface area contributed by atoms with Crippen molar-refractivity contribution in [3.05, 3.63) is 71.1 Å². The van der Waals surface area contributed by atoms with Crippen LogP contribution in [0.2, 0.25) is 0 Å². The molecule has 3 nitrogen and oxygen atoms in total. The molecule has 0 aliphatic rings. The minimum Gasteiger partial charge on any atom is -0.301 e. The van der Waals surface area contributed by atoms with Crippen LogP contribution in [0.5, 0.6) is 0 Å². The largest absolute Gasteiger partial charge is 0.301 e. The Bertz CT molecular complexity index is 842. The van der Waals surface area contributed by atoms with Crippen molar-refractivity contribution >= 4 is 34.1 Å². The summed E-state index contributed by atoms with van der Waals surface area (Å²) in [6, 6.07) is 18.6. The minimum atomic E-state index is -0.0120. The van der Waals surface area contributed by atoms with Crippen molar-refractivity contribution in [1.82, 2.24) is 4.98 Å². The Hall–Kier alpha value is -2.11. The van der Waals surface area contributed by atoms with Gasteiger partial charge in [-0.15, -0.1) is 23.1 Å². The molecular formula is C21H22N2OS2. The molecule has 3 aromatic rings. The summed E-state index contributed by atoms with van der Waals surface area (Å²) >= 11 is 3.07. The topological polar surface area (TPSA) is 42.0 Å². The Balaban J connectivity index is 1.52. The van der Waals surface area contributed by atoms with Crippen LogP contribution >= 0.6 is 23.1 Å². The molecule has 2 aromatic carbocycles. The highest BCUT2D eigenvalue weighted by molar-refractivity contribution is 7.99. The molecule has 0 spiro atoms. The number of nitrogens with zero attached hydrogens (tertiary/aromatic N) is 1. The van der Waals surface area contributed by atoms with E-state index >= 15 is 0 Å². The van der Waals surface area contributed by atoms with Gasteiger partial charge in [0.1, 0.15) is 0 Å². The number of anilines is 1. The van der Waals surface area contributed by atoms with E-state index in [9.17, 15) is 4.79 Å². The summed E-state index contributed by atoms with van der Waals surface area (Å²) in [4.78, 5) is 16.6. The fourth-order valence-electron chi connectivity index (χ4n) is 2.49. The first kappa shape index (κ1) is 18.7. The van der Waals surface area contributed by atoms with Gasteiger partial charge in [-0.3, -0.25) is 4.79 Å². The standard InChI is InChI=1S/C21H22N2OS2/c1-15(2)17-8-10-18(11-9-17)19-13-26-21(22-19)23-20(24)14-25-12-16-6-4-3-5-7-16/h3-11,13,15H,12,14H2,1-2H3,(H,22,23,24). The number of carbonyl (C=O) groups is 1. The van der Waals surface area contributed by atoms with Gasteiger partial charge < -0.3 is 5.32 Å². The van der Waals surface area contributed by atoms with Crippen molar-refractivity contribution in [2.45, 2.75) is 25.5 Å². The molecule has 0 atom stereocenters. The van der Waals surface area contributed by atoms with Gasteiger partial charge in [-0.25, -0.2) is 4.98 Å². The number of hydrogen-bond acceptors (Lipinski definition) is 4. The number of aromatic nitrogens is 1. The van der Waals surface area contributed by atoms with Crippen molar-refractivity contribution in [1.29, 1.82) is 0 Å². The predicted molar refractivity (Wildman–Crippen MR) is 113 cm³/mol. The zero-order chi connectivity index (χ0) is 18.4. The Morgan fingerprint density at radius 1 is 1.12 bits per heavy atom. The molecule has 1 aromatic heterocycles. The number of thiazole rings is 1. The van der Waals surface area contributed by atoms with Gasteiger partial charge in [0, 0.05) is 16.7 Å². The number of rotatable bonds is 7. The number of amides is 1. The maximum atomic E-state index is 12.1. The molecule has 134 valence electrons. The third-order valence-corrected chi connectivity index (χ3v) is 5.73. The van der Waals surface area contributed by atoms with Crippen LogP contribution in [0.15, 0.2) is 60.0 Å². The van der Waals surface area contributed by atoms with Crippen LogP contribution in [-0.2, 0) is 10.5 Å². The average molecular weight is 383 g/mol. The van der Waals surface area contributed by atoms with Crippen LogP contribution in [0.1, 0.15) is 30.9 Å². The van der Waals surface area contributed by atoms with Crippen LogP contribution in [0.4, 0.5) is 5.13 Å². The fraction of sp³-hybridized carbons (Fsp3) is 0.238. The van der Waals surface area contributed by atoms with E-state index in [1.165, 1.54) is 22.5 Å². The molecule has 1 N–H and O–H groups in total. The second kappa shape index (κ2) is 9.01. The van der Waals surface area contributed by atoms with E-state index in [2.05, 4.69) is 60.5 Å². The summed E-state index contributed by atoms with van der Waals surface area (Å²) in [7, 11) is 0. The van der Waals surface area contributed by atoms with Gasteiger partial charge in [-0.1, -0.05) is 68.4 Å². The number of thioether (sulfide) groups is 1. The highest BCUT2D eigenvalue weighted by Gasteiger charge is 2.09. The van der Waals surface area contributed by atoms with E-state index in [0.717, 1.165) is 17.0 Å². The normalized spacial score (nSPS) is 10.9. The molecule has 1 amide bonds. The Kier molecular flexibility index (Phi) is 6.47. The Labute approximate surface area is 162 Å². The molecule has 0 aliphatic heterocycles. The van der Waals surface area contributed by atoms with Crippen molar-refractivity contribution in [2.24, 2.45) is 0 Å². The maximum absolute atomic E-state index is 12.1. The summed E-state index contributed by atoms with van der Waals surface area (Å²) < 4.78 is 0. The first-order valence-corrected chi connectivity index (χ1v) is 10.6. The monoisotopic (exact) mass is 382 g/mol. The molecule has 0 bridgehead atoms. The lowest BCUT2D eigenvalue weighted by Crippen LogP contribution is -2.13. The molecule has 0 unspecified atom stereocenters. The fourth-order valence-corrected chi connectivity index (χ4v) is 4.02. The molecule has 0 radical (unpaired) electrons. The predicted octanol–water partition coefficient (Wildman–Crippen LogP) is 5.81. The Morgan fingerprint density at radius 2 is 1.85 bits per heavy atom. The van der Waals surface area contributed by atoms with E-state index in [4.69, 9.17) is 0 Å². The van der Waals surface area contributed by atoms with Crippen LogP contribution in [0, 0.1) is 0 Å². The Morgan fingerprint density at radius 3 is 2.54 bits per heavy atom. The van der Waals surface area contributed by atoms with Crippen molar-refractivity contribution in [3.8, 4) is 11.3 Å². The summed E-state index contributed by atoms with van der Waals surface area (Å²) in [5.41, 5.74) is 4.52. The molecule has 0 fully saturated rings. The first-order valence-electron chi connectivity index (χ1n) is 8.59. The van der Waals surface area contributed by atoms with Gasteiger partial charge in [0.25, 0.3) is 0 Å². The molecule has 3 rings (SSSR count). The van der Waals surface area contributed by atoms with Crippen LogP contribution in [-0.4, -0.2) is 16.6 Å². The summed E-state index contributed by atoms with van der Waals surface area (Å²) in [5, 5.41) is 5.53. The van der Waals surface area contributed by atoms with E-state index in [1.807, 2.05) is 23.6 Å². The van der Waals surface area contributed by atoms with Gasteiger partial charge in [0.2, 0.25) is 5.91 Å². The van der Waals surface area contributed by atoms with Crippen molar-refractivity contribution in [3.63, 3.8) is 0 Å². The third-order valence-electron chi connectivity index (χ3n) is 3.97. The number of hydrogen-bond donors (Lipinski definition) is 1. The number of benzene rings is 2. The lowest BCUT2D eigenvalue weighted by Gasteiger charge is -2.05. The molecular weight excluding hydrogens is 360 g/mol. The quantitative estimate of drug-likeness (QED) is 0.561.